The Kier molecular flexibility index (Phi) is 6.22. The zero-order chi connectivity index (χ0) is 28.6. The van der Waals surface area contributed by atoms with E-state index in [1.54, 1.807) is 24.7 Å². The van der Waals surface area contributed by atoms with Crippen LogP contribution in [0.3, 0.4) is 0 Å². The van der Waals surface area contributed by atoms with E-state index in [2.05, 4.69) is 13.8 Å². The summed E-state index contributed by atoms with van der Waals surface area (Å²) in [6.45, 7) is 12.7. The summed E-state index contributed by atoms with van der Waals surface area (Å²) >= 11 is 0. The fraction of sp³-hybridized carbons (Fsp3) is 0.667. The number of furan rings is 1. The smallest absolute Gasteiger partial charge is 0.339 e. The van der Waals surface area contributed by atoms with Crippen molar-refractivity contribution in [3.05, 3.63) is 36.3 Å². The van der Waals surface area contributed by atoms with Crippen LogP contribution < -0.4 is 0 Å². The third-order valence-electron chi connectivity index (χ3n) is 10.5. The van der Waals surface area contributed by atoms with Crippen LogP contribution in [0, 0.1) is 33.5 Å². The lowest BCUT2D eigenvalue weighted by Gasteiger charge is -2.63. The Morgan fingerprint density at radius 3 is 2.33 bits per heavy atom. The molecule has 0 unspecified atom stereocenters. The second-order valence-electron chi connectivity index (χ2n) is 13.0. The van der Waals surface area contributed by atoms with Crippen molar-refractivity contribution in [1.29, 1.82) is 0 Å². The number of rotatable bonds is 6. The summed E-state index contributed by atoms with van der Waals surface area (Å²) in [5, 5.41) is 0. The molecule has 9 heteroatoms. The number of hydrogen-bond acceptors (Lipinski definition) is 9. The molecule has 5 rings (SSSR count). The van der Waals surface area contributed by atoms with Gasteiger partial charge in [-0.1, -0.05) is 40.7 Å². The summed E-state index contributed by atoms with van der Waals surface area (Å²) < 4.78 is 29.0. The molecule has 0 radical (unpaired) electrons. The summed E-state index contributed by atoms with van der Waals surface area (Å²) in [6, 6.07) is 1.80. The molecule has 8 atom stereocenters. The third-order valence-corrected chi connectivity index (χ3v) is 10.5. The Labute approximate surface area is 228 Å². The first-order valence-electron chi connectivity index (χ1n) is 13.6. The summed E-state index contributed by atoms with van der Waals surface area (Å²) in [6.07, 6.45) is 6.58. The van der Waals surface area contributed by atoms with Gasteiger partial charge in [0, 0.05) is 41.6 Å². The molecule has 212 valence electrons. The number of esters is 3. The predicted octanol–water partition coefficient (Wildman–Crippen LogP) is 4.35. The Bertz CT molecular complexity index is 1230. The Balaban J connectivity index is 1.66. The van der Waals surface area contributed by atoms with Crippen molar-refractivity contribution in [2.24, 2.45) is 33.5 Å². The van der Waals surface area contributed by atoms with Gasteiger partial charge in [0.25, 0.3) is 0 Å². The van der Waals surface area contributed by atoms with E-state index < -0.39 is 57.4 Å². The minimum atomic E-state index is -0.996. The number of allylic oxidation sites excluding steroid dienone is 2. The molecule has 1 aromatic heterocycles. The van der Waals surface area contributed by atoms with Crippen molar-refractivity contribution in [3.8, 4) is 0 Å². The zero-order valence-corrected chi connectivity index (χ0v) is 23.7. The van der Waals surface area contributed by atoms with Crippen LogP contribution in [0.4, 0.5) is 0 Å². The molecule has 2 aliphatic heterocycles. The van der Waals surface area contributed by atoms with E-state index >= 15 is 0 Å². The lowest BCUT2D eigenvalue weighted by molar-refractivity contribution is -0.212. The topological polar surface area (TPSA) is 122 Å². The number of hydrogen-bond donors (Lipinski definition) is 0. The molecule has 0 bridgehead atoms. The van der Waals surface area contributed by atoms with Gasteiger partial charge in [-0.3, -0.25) is 14.4 Å². The van der Waals surface area contributed by atoms with Gasteiger partial charge in [0.05, 0.1) is 25.7 Å². The third kappa shape index (κ3) is 3.68. The Morgan fingerprint density at radius 1 is 1.03 bits per heavy atom. The highest BCUT2D eigenvalue weighted by atomic mass is 16.7. The second kappa shape index (κ2) is 8.78. The fourth-order valence-electron chi connectivity index (χ4n) is 8.53. The quantitative estimate of drug-likeness (QED) is 0.293. The van der Waals surface area contributed by atoms with Crippen LogP contribution in [-0.4, -0.2) is 48.6 Å². The predicted molar refractivity (Wildman–Crippen MR) is 137 cm³/mol. The molecule has 1 aromatic rings. The first kappa shape index (κ1) is 27.6. The van der Waals surface area contributed by atoms with E-state index in [-0.39, 0.29) is 30.8 Å². The molecule has 4 aliphatic rings. The Morgan fingerprint density at radius 2 is 1.72 bits per heavy atom. The van der Waals surface area contributed by atoms with E-state index in [0.717, 1.165) is 5.56 Å². The number of cyclic esters (lactones) is 1. The maximum atomic E-state index is 13.3. The summed E-state index contributed by atoms with van der Waals surface area (Å²) in [4.78, 5) is 50.5. The molecule has 9 nitrogen and oxygen atoms in total. The molecule has 3 heterocycles. The first-order chi connectivity index (χ1) is 18.1. The molecular weight excluding hydrogens is 504 g/mol. The number of ketones is 1. The highest BCUT2D eigenvalue weighted by Gasteiger charge is 2.86. The van der Waals surface area contributed by atoms with Crippen molar-refractivity contribution in [2.45, 2.75) is 79.1 Å². The highest BCUT2D eigenvalue weighted by molar-refractivity contribution is 5.95. The van der Waals surface area contributed by atoms with E-state index in [4.69, 9.17) is 23.4 Å². The van der Waals surface area contributed by atoms with Crippen LogP contribution in [0.25, 0.3) is 0 Å². The van der Waals surface area contributed by atoms with Crippen LogP contribution in [0.15, 0.2) is 35.2 Å². The van der Waals surface area contributed by atoms with Gasteiger partial charge in [-0.25, -0.2) is 4.79 Å². The van der Waals surface area contributed by atoms with Gasteiger partial charge in [-0.2, -0.15) is 0 Å². The van der Waals surface area contributed by atoms with E-state index in [0.29, 0.717) is 12.8 Å². The monoisotopic (exact) mass is 542 g/mol. The van der Waals surface area contributed by atoms with Gasteiger partial charge in [0.15, 0.2) is 11.9 Å². The maximum Gasteiger partial charge on any atom is 0.339 e. The molecule has 1 saturated carbocycles. The zero-order valence-electron chi connectivity index (χ0n) is 23.7. The summed E-state index contributed by atoms with van der Waals surface area (Å²) in [5.74, 6) is -1.93. The van der Waals surface area contributed by atoms with Gasteiger partial charge >= 0.3 is 17.9 Å². The lowest BCUT2D eigenvalue weighted by Crippen LogP contribution is -2.67. The standard InChI is InChI=1S/C30H38O9/c1-17(31)36-15-21-26(3,4)22(33)9-11-27(21,5)20-8-12-28(6)23(19-10-13-35-14-19)38-25(34)24-30(28,39-24)29(20,7)16-37-18(2)32/h9-11,13-14,20-21,23-24H,8,12,15-16H2,1-7H3/t20-,21+,23+,24-,27-,28+,29-,30-/m1/s1. The minimum Gasteiger partial charge on any atom is -0.472 e. The van der Waals surface area contributed by atoms with Crippen molar-refractivity contribution in [3.63, 3.8) is 0 Å². The second-order valence-corrected chi connectivity index (χ2v) is 13.0. The SMILES string of the molecule is CC(=O)OC[C@H]1C(C)(C)C(=O)C=C[C@]1(C)[C@H]1CC[C@@]2(C)[C@H](c3ccoc3)OC(=O)[C@H]3O[C@]32[C@]1(C)COC(C)=O. The summed E-state index contributed by atoms with van der Waals surface area (Å²) in [7, 11) is 0. The number of ether oxygens (including phenoxy) is 4. The van der Waals surface area contributed by atoms with Crippen molar-refractivity contribution in [1.82, 2.24) is 0 Å². The lowest BCUT2D eigenvalue weighted by atomic mass is 9.41. The summed E-state index contributed by atoms with van der Waals surface area (Å²) in [5.41, 5.74) is -3.25. The average molecular weight is 543 g/mol. The average Bonchev–Trinajstić information content (AvgIpc) is 3.43. The molecule has 3 fully saturated rings. The molecule has 2 aliphatic carbocycles. The normalized spacial score (nSPS) is 42.1. The van der Waals surface area contributed by atoms with E-state index in [1.165, 1.54) is 13.8 Å². The van der Waals surface area contributed by atoms with Gasteiger partial charge in [0.2, 0.25) is 0 Å². The fourth-order valence-corrected chi connectivity index (χ4v) is 8.53. The maximum absolute atomic E-state index is 13.3. The molecular formula is C30H38O9. The van der Waals surface area contributed by atoms with Crippen LogP contribution in [-0.2, 0) is 38.1 Å². The van der Waals surface area contributed by atoms with Gasteiger partial charge < -0.3 is 23.4 Å². The minimum absolute atomic E-state index is 0.0164. The van der Waals surface area contributed by atoms with Crippen molar-refractivity contribution >= 4 is 23.7 Å². The Hall–Kier alpha value is -2.94. The molecule has 0 N–H and O–H groups in total. The molecule has 0 amide bonds. The van der Waals surface area contributed by atoms with Crippen molar-refractivity contribution in [2.75, 3.05) is 13.2 Å². The van der Waals surface area contributed by atoms with Gasteiger partial charge in [-0.15, -0.1) is 0 Å². The van der Waals surface area contributed by atoms with Crippen LogP contribution in [0.2, 0.25) is 0 Å². The molecule has 2 saturated heterocycles. The molecule has 0 aromatic carbocycles. The van der Waals surface area contributed by atoms with Gasteiger partial charge in [-0.05, 0) is 36.3 Å². The van der Waals surface area contributed by atoms with Crippen LogP contribution in [0.1, 0.15) is 73.0 Å². The molecule has 39 heavy (non-hydrogen) atoms. The van der Waals surface area contributed by atoms with Crippen molar-refractivity contribution < 1.29 is 42.5 Å². The number of epoxide rings is 1. The number of carbonyl (C=O) groups excluding carboxylic acids is 4. The van der Waals surface area contributed by atoms with E-state index in [1.807, 2.05) is 26.8 Å². The largest absolute Gasteiger partial charge is 0.472 e. The van der Waals surface area contributed by atoms with E-state index in [9.17, 15) is 19.2 Å². The number of carbonyl (C=O) groups is 4. The first-order valence-corrected chi connectivity index (χ1v) is 13.6. The van der Waals surface area contributed by atoms with Gasteiger partial charge in [0.1, 0.15) is 11.7 Å². The van der Waals surface area contributed by atoms with Crippen LogP contribution >= 0.6 is 0 Å². The van der Waals surface area contributed by atoms with Crippen LogP contribution in [0.5, 0.6) is 0 Å². The highest BCUT2D eigenvalue weighted by Crippen LogP contribution is 2.76. The molecule has 1 spiro atoms.